The fraction of sp³-hybridized carbons (Fsp3) is 0.0667. The lowest BCUT2D eigenvalue weighted by Gasteiger charge is -2.08. The number of nitriles is 1. The Morgan fingerprint density at radius 2 is 1.84 bits per heavy atom. The van der Waals surface area contributed by atoms with Gasteiger partial charge in [-0.15, -0.1) is 0 Å². The van der Waals surface area contributed by atoms with Gasteiger partial charge in [-0.05, 0) is 35.9 Å². The van der Waals surface area contributed by atoms with Crippen LogP contribution in [-0.2, 0) is 6.42 Å². The minimum absolute atomic E-state index is 0.201. The van der Waals surface area contributed by atoms with Gasteiger partial charge in [-0.25, -0.2) is 0 Å². The lowest BCUT2D eigenvalue weighted by molar-refractivity contribution is 0.102. The highest BCUT2D eigenvalue weighted by Crippen LogP contribution is 2.16. The quantitative estimate of drug-likeness (QED) is 0.937. The van der Waals surface area contributed by atoms with Gasteiger partial charge in [0.25, 0.3) is 5.91 Å². The van der Waals surface area contributed by atoms with Gasteiger partial charge in [-0.2, -0.15) is 5.26 Å². The molecule has 0 unspecified atom stereocenters. The molecule has 0 fully saturated rings. The van der Waals surface area contributed by atoms with Gasteiger partial charge in [0.05, 0.1) is 12.5 Å². The molecule has 2 rings (SSSR count). The maximum Gasteiger partial charge on any atom is 0.255 e. The number of hydrogen-bond donors (Lipinski definition) is 1. The molecule has 0 aliphatic carbocycles. The van der Waals surface area contributed by atoms with Crippen LogP contribution in [0.3, 0.4) is 0 Å². The number of nitrogens with one attached hydrogen (secondary N) is 1. The number of amides is 1. The molecule has 0 spiro atoms. The van der Waals surface area contributed by atoms with E-state index in [1.165, 1.54) is 0 Å². The Balaban J connectivity index is 2.20. The Labute approximate surface area is 120 Å². The molecule has 3 nitrogen and oxygen atoms in total. The van der Waals surface area contributed by atoms with E-state index in [2.05, 4.69) is 27.3 Å². The molecular formula is C15H11BrN2O. The van der Waals surface area contributed by atoms with E-state index in [0.29, 0.717) is 5.56 Å². The van der Waals surface area contributed by atoms with Crippen LogP contribution in [-0.4, -0.2) is 5.91 Å². The van der Waals surface area contributed by atoms with Gasteiger partial charge in [0.2, 0.25) is 0 Å². The number of rotatable bonds is 3. The third-order valence-electron chi connectivity index (χ3n) is 2.63. The van der Waals surface area contributed by atoms with Crippen molar-refractivity contribution in [1.82, 2.24) is 0 Å². The van der Waals surface area contributed by atoms with Crippen LogP contribution in [0.15, 0.2) is 53.0 Å². The zero-order chi connectivity index (χ0) is 13.7. The van der Waals surface area contributed by atoms with Crippen molar-refractivity contribution in [3.05, 3.63) is 64.1 Å². The van der Waals surface area contributed by atoms with Crippen LogP contribution in [0.4, 0.5) is 5.69 Å². The molecule has 1 N–H and O–H groups in total. The van der Waals surface area contributed by atoms with Crippen LogP contribution >= 0.6 is 15.9 Å². The molecule has 2 aromatic carbocycles. The number of nitrogens with zero attached hydrogens (tertiary/aromatic N) is 1. The molecule has 0 heterocycles. The van der Waals surface area contributed by atoms with Gasteiger partial charge < -0.3 is 5.32 Å². The molecule has 0 bridgehead atoms. The maximum atomic E-state index is 12.2. The molecule has 94 valence electrons. The Hall–Kier alpha value is -2.12. The van der Waals surface area contributed by atoms with E-state index in [-0.39, 0.29) is 12.3 Å². The Morgan fingerprint density at radius 3 is 2.53 bits per heavy atom. The maximum absolute atomic E-state index is 12.2. The molecule has 0 radical (unpaired) electrons. The summed E-state index contributed by atoms with van der Waals surface area (Å²) < 4.78 is 0.954. The van der Waals surface area contributed by atoms with E-state index in [1.807, 2.05) is 30.3 Å². The average molecular weight is 315 g/mol. The fourth-order valence-electron chi connectivity index (χ4n) is 1.71. The molecule has 0 saturated heterocycles. The number of carbonyl (C=O) groups excluding carboxylic acids is 1. The zero-order valence-electron chi connectivity index (χ0n) is 10.1. The molecular weight excluding hydrogens is 304 g/mol. The number of anilines is 1. The SMILES string of the molecule is N#CCc1ccccc1C(=O)Nc1ccc(Br)cc1. The topological polar surface area (TPSA) is 52.9 Å². The van der Waals surface area contributed by atoms with Crippen molar-refractivity contribution in [2.45, 2.75) is 6.42 Å². The summed E-state index contributed by atoms with van der Waals surface area (Å²) in [7, 11) is 0. The van der Waals surface area contributed by atoms with Crippen molar-refractivity contribution in [3.63, 3.8) is 0 Å². The van der Waals surface area contributed by atoms with Crippen molar-refractivity contribution in [2.24, 2.45) is 0 Å². The summed E-state index contributed by atoms with van der Waals surface area (Å²) in [6.07, 6.45) is 0.226. The van der Waals surface area contributed by atoms with E-state index in [1.54, 1.807) is 18.2 Å². The highest BCUT2D eigenvalue weighted by atomic mass is 79.9. The lowest BCUT2D eigenvalue weighted by atomic mass is 10.0. The van der Waals surface area contributed by atoms with Crippen molar-refractivity contribution in [2.75, 3.05) is 5.32 Å². The van der Waals surface area contributed by atoms with Crippen LogP contribution in [0.25, 0.3) is 0 Å². The summed E-state index contributed by atoms with van der Waals surface area (Å²) in [5, 5.41) is 11.6. The summed E-state index contributed by atoms with van der Waals surface area (Å²) in [5.41, 5.74) is 1.99. The smallest absolute Gasteiger partial charge is 0.255 e. The van der Waals surface area contributed by atoms with Gasteiger partial charge >= 0.3 is 0 Å². The second kappa shape index (κ2) is 6.17. The highest BCUT2D eigenvalue weighted by Gasteiger charge is 2.10. The monoisotopic (exact) mass is 314 g/mol. The van der Waals surface area contributed by atoms with Crippen molar-refractivity contribution in [3.8, 4) is 6.07 Å². The minimum atomic E-state index is -0.201. The molecule has 2 aromatic rings. The molecule has 0 aliphatic rings. The first kappa shape index (κ1) is 13.3. The molecule has 0 saturated carbocycles. The fourth-order valence-corrected chi connectivity index (χ4v) is 1.98. The van der Waals surface area contributed by atoms with E-state index in [9.17, 15) is 4.79 Å². The summed E-state index contributed by atoms with van der Waals surface area (Å²) in [4.78, 5) is 12.2. The lowest BCUT2D eigenvalue weighted by Crippen LogP contribution is -2.14. The van der Waals surface area contributed by atoms with Crippen LogP contribution in [0, 0.1) is 11.3 Å². The standard InChI is InChI=1S/C15H11BrN2O/c16-12-5-7-13(8-6-12)18-15(19)14-4-2-1-3-11(14)9-10-17/h1-8H,9H2,(H,18,19). The number of carbonyl (C=O) groups is 1. The predicted molar refractivity (Wildman–Crippen MR) is 77.9 cm³/mol. The van der Waals surface area contributed by atoms with Gasteiger partial charge in [-0.1, -0.05) is 34.1 Å². The van der Waals surface area contributed by atoms with E-state index in [0.717, 1.165) is 15.7 Å². The van der Waals surface area contributed by atoms with Crippen molar-refractivity contribution >= 4 is 27.5 Å². The predicted octanol–water partition coefficient (Wildman–Crippen LogP) is 3.77. The Morgan fingerprint density at radius 1 is 1.16 bits per heavy atom. The largest absolute Gasteiger partial charge is 0.322 e. The normalized spacial score (nSPS) is 9.68. The van der Waals surface area contributed by atoms with Crippen LogP contribution < -0.4 is 5.32 Å². The average Bonchev–Trinajstić information content (AvgIpc) is 2.42. The van der Waals surface area contributed by atoms with Gasteiger partial charge in [0.15, 0.2) is 0 Å². The minimum Gasteiger partial charge on any atom is -0.322 e. The Kier molecular flexibility index (Phi) is 4.32. The van der Waals surface area contributed by atoms with Crippen molar-refractivity contribution < 1.29 is 4.79 Å². The third-order valence-corrected chi connectivity index (χ3v) is 3.16. The van der Waals surface area contributed by atoms with Crippen LogP contribution in [0.1, 0.15) is 15.9 Å². The summed E-state index contributed by atoms with van der Waals surface area (Å²) in [5.74, 6) is -0.201. The van der Waals surface area contributed by atoms with Crippen LogP contribution in [0.2, 0.25) is 0 Å². The molecule has 19 heavy (non-hydrogen) atoms. The first-order valence-corrected chi connectivity index (χ1v) is 6.52. The summed E-state index contributed by atoms with van der Waals surface area (Å²) >= 11 is 3.34. The summed E-state index contributed by atoms with van der Waals surface area (Å²) in [6.45, 7) is 0. The molecule has 0 atom stereocenters. The van der Waals surface area contributed by atoms with E-state index >= 15 is 0 Å². The van der Waals surface area contributed by atoms with Crippen LogP contribution in [0.5, 0.6) is 0 Å². The van der Waals surface area contributed by atoms with Crippen molar-refractivity contribution in [1.29, 1.82) is 5.26 Å². The number of benzene rings is 2. The number of hydrogen-bond acceptors (Lipinski definition) is 2. The second-order valence-corrected chi connectivity index (χ2v) is 4.87. The second-order valence-electron chi connectivity index (χ2n) is 3.95. The molecule has 4 heteroatoms. The first-order chi connectivity index (χ1) is 9.20. The molecule has 0 aliphatic heterocycles. The highest BCUT2D eigenvalue weighted by molar-refractivity contribution is 9.10. The summed E-state index contributed by atoms with van der Waals surface area (Å²) in [6, 6.07) is 16.5. The number of halogens is 1. The molecule has 0 aromatic heterocycles. The van der Waals surface area contributed by atoms with E-state index < -0.39 is 0 Å². The molecule has 1 amide bonds. The van der Waals surface area contributed by atoms with Gasteiger partial charge in [0.1, 0.15) is 0 Å². The van der Waals surface area contributed by atoms with Gasteiger partial charge in [0, 0.05) is 15.7 Å². The van der Waals surface area contributed by atoms with Gasteiger partial charge in [-0.3, -0.25) is 4.79 Å². The first-order valence-electron chi connectivity index (χ1n) is 5.72. The van der Waals surface area contributed by atoms with E-state index in [4.69, 9.17) is 5.26 Å². The third kappa shape index (κ3) is 3.43. The Bertz CT molecular complexity index is 629. The zero-order valence-corrected chi connectivity index (χ0v) is 11.6.